The van der Waals surface area contributed by atoms with E-state index < -0.39 is 10.0 Å². The number of thiophene rings is 1. The first-order valence-electron chi connectivity index (χ1n) is 6.25. The van der Waals surface area contributed by atoms with Crippen LogP contribution < -0.4 is 5.73 Å². The van der Waals surface area contributed by atoms with Crippen molar-refractivity contribution in [3.8, 4) is 0 Å². The van der Waals surface area contributed by atoms with E-state index in [9.17, 15) is 8.42 Å². The fourth-order valence-electron chi connectivity index (χ4n) is 1.92. The summed E-state index contributed by atoms with van der Waals surface area (Å²) in [7, 11) is -0.498. The molecule has 20 heavy (non-hydrogen) atoms. The lowest BCUT2D eigenvalue weighted by Gasteiger charge is -2.27. The summed E-state index contributed by atoms with van der Waals surface area (Å²) in [6, 6.07) is 1.33. The average molecular weight is 322 g/mol. The Morgan fingerprint density at radius 1 is 1.40 bits per heavy atom. The molecule has 0 aliphatic heterocycles. The van der Waals surface area contributed by atoms with Crippen molar-refractivity contribution in [2.24, 2.45) is 5.73 Å². The molecule has 1 atom stereocenters. The molecular formula is C12H22N2O4S2. The number of nitrogens with two attached hydrogens (primary N) is 1. The molecule has 0 aliphatic rings. The molecule has 0 aromatic carbocycles. The molecule has 0 aliphatic carbocycles. The zero-order chi connectivity index (χ0) is 15.2. The van der Waals surface area contributed by atoms with Crippen molar-refractivity contribution in [2.45, 2.75) is 24.4 Å². The SMILES string of the molecule is COCCN(C(C)COC)S(=O)(=O)c1ccsc1CN. The van der Waals surface area contributed by atoms with Gasteiger partial charge in [0.1, 0.15) is 0 Å². The Balaban J connectivity index is 3.10. The van der Waals surface area contributed by atoms with E-state index >= 15 is 0 Å². The predicted octanol–water partition coefficient (Wildman–Crippen LogP) is 0.879. The first-order chi connectivity index (χ1) is 9.48. The standard InChI is InChI=1S/C12H22N2O4S2/c1-10(9-18-3)14(5-6-17-2)20(15,16)12-4-7-19-11(12)8-13/h4,7,10H,5-6,8-9,13H2,1-3H3. The van der Waals surface area contributed by atoms with Gasteiger partial charge in [0.05, 0.1) is 18.1 Å². The van der Waals surface area contributed by atoms with E-state index in [1.165, 1.54) is 15.6 Å². The molecule has 1 aromatic rings. The highest BCUT2D eigenvalue weighted by atomic mass is 32.2. The van der Waals surface area contributed by atoms with Gasteiger partial charge in [0.15, 0.2) is 0 Å². The number of methoxy groups -OCH3 is 2. The minimum absolute atomic E-state index is 0.211. The van der Waals surface area contributed by atoms with Gasteiger partial charge in [-0.3, -0.25) is 0 Å². The number of rotatable bonds is 9. The fraction of sp³-hybridized carbons (Fsp3) is 0.667. The van der Waals surface area contributed by atoms with Crippen molar-refractivity contribution in [3.05, 3.63) is 16.3 Å². The molecule has 6 nitrogen and oxygen atoms in total. The summed E-state index contributed by atoms with van der Waals surface area (Å²) < 4.78 is 37.0. The lowest BCUT2D eigenvalue weighted by molar-refractivity contribution is 0.119. The van der Waals surface area contributed by atoms with E-state index in [2.05, 4.69) is 0 Å². The second-order valence-electron chi connectivity index (χ2n) is 4.33. The minimum atomic E-state index is -3.59. The Kier molecular flexibility index (Phi) is 7.07. The van der Waals surface area contributed by atoms with Gasteiger partial charge >= 0.3 is 0 Å². The number of ether oxygens (including phenoxy) is 2. The van der Waals surface area contributed by atoms with Crippen molar-refractivity contribution < 1.29 is 17.9 Å². The minimum Gasteiger partial charge on any atom is -0.383 e. The van der Waals surface area contributed by atoms with Crippen molar-refractivity contribution >= 4 is 21.4 Å². The second kappa shape index (κ2) is 8.06. The predicted molar refractivity (Wildman–Crippen MR) is 79.3 cm³/mol. The average Bonchev–Trinajstić information content (AvgIpc) is 2.88. The van der Waals surface area contributed by atoms with Crippen LogP contribution in [0.3, 0.4) is 0 Å². The third kappa shape index (κ3) is 4.00. The molecule has 0 saturated carbocycles. The normalized spacial score (nSPS) is 13.8. The Labute approximate surface area is 124 Å². The van der Waals surface area contributed by atoms with Gasteiger partial charge in [-0.05, 0) is 18.4 Å². The Hall–Kier alpha value is -0.510. The zero-order valence-corrected chi connectivity index (χ0v) is 13.7. The Bertz CT molecular complexity index is 501. The summed E-state index contributed by atoms with van der Waals surface area (Å²) in [6.45, 7) is 2.96. The third-order valence-corrected chi connectivity index (χ3v) is 6.06. The van der Waals surface area contributed by atoms with Gasteiger partial charge in [0.2, 0.25) is 10.0 Å². The van der Waals surface area contributed by atoms with Crippen molar-refractivity contribution in [2.75, 3.05) is 34.0 Å². The fourth-order valence-corrected chi connectivity index (χ4v) is 4.83. The molecule has 1 unspecified atom stereocenters. The van der Waals surface area contributed by atoms with Crippen molar-refractivity contribution in [1.29, 1.82) is 0 Å². The quantitative estimate of drug-likeness (QED) is 0.730. The molecule has 0 bridgehead atoms. The van der Waals surface area contributed by atoms with E-state index in [-0.39, 0.29) is 24.0 Å². The van der Waals surface area contributed by atoms with Crippen LogP contribution in [0.2, 0.25) is 0 Å². The van der Waals surface area contributed by atoms with Crippen LogP contribution in [0.4, 0.5) is 0 Å². The molecule has 116 valence electrons. The van der Waals surface area contributed by atoms with Crippen LogP contribution in [-0.2, 0) is 26.0 Å². The van der Waals surface area contributed by atoms with Crippen LogP contribution in [0.15, 0.2) is 16.3 Å². The second-order valence-corrected chi connectivity index (χ2v) is 7.18. The van der Waals surface area contributed by atoms with Gasteiger partial charge in [-0.25, -0.2) is 8.42 Å². The third-order valence-electron chi connectivity index (χ3n) is 2.89. The van der Waals surface area contributed by atoms with Crippen LogP contribution in [-0.4, -0.2) is 52.7 Å². The van der Waals surface area contributed by atoms with Gasteiger partial charge in [-0.2, -0.15) is 4.31 Å². The molecule has 0 amide bonds. The molecule has 0 fully saturated rings. The van der Waals surface area contributed by atoms with E-state index in [4.69, 9.17) is 15.2 Å². The highest BCUT2D eigenvalue weighted by Gasteiger charge is 2.31. The van der Waals surface area contributed by atoms with Gasteiger partial charge in [0, 0.05) is 38.2 Å². The molecular weight excluding hydrogens is 300 g/mol. The van der Waals surface area contributed by atoms with Gasteiger partial charge in [0.25, 0.3) is 0 Å². The van der Waals surface area contributed by atoms with E-state index in [0.29, 0.717) is 18.1 Å². The molecule has 0 radical (unpaired) electrons. The summed E-state index contributed by atoms with van der Waals surface area (Å²) >= 11 is 1.35. The van der Waals surface area contributed by atoms with Crippen LogP contribution in [0, 0.1) is 0 Å². The molecule has 1 heterocycles. The smallest absolute Gasteiger partial charge is 0.244 e. The Morgan fingerprint density at radius 3 is 2.65 bits per heavy atom. The number of hydrogen-bond donors (Lipinski definition) is 1. The van der Waals surface area contributed by atoms with E-state index in [0.717, 1.165) is 0 Å². The highest BCUT2D eigenvalue weighted by molar-refractivity contribution is 7.89. The summed E-state index contributed by atoms with van der Waals surface area (Å²) in [5.41, 5.74) is 5.60. The first-order valence-corrected chi connectivity index (χ1v) is 8.57. The first kappa shape index (κ1) is 17.5. The summed E-state index contributed by atoms with van der Waals surface area (Å²) in [5.74, 6) is 0. The molecule has 8 heteroatoms. The lowest BCUT2D eigenvalue weighted by Crippen LogP contribution is -2.43. The van der Waals surface area contributed by atoms with Gasteiger partial charge in [-0.15, -0.1) is 11.3 Å². The molecule has 0 spiro atoms. The highest BCUT2D eigenvalue weighted by Crippen LogP contribution is 2.26. The molecule has 1 rings (SSSR count). The van der Waals surface area contributed by atoms with Gasteiger partial charge < -0.3 is 15.2 Å². The van der Waals surface area contributed by atoms with Crippen LogP contribution in [0.1, 0.15) is 11.8 Å². The maximum atomic E-state index is 12.8. The van der Waals surface area contributed by atoms with E-state index in [1.54, 1.807) is 25.7 Å². The van der Waals surface area contributed by atoms with Gasteiger partial charge in [-0.1, -0.05) is 0 Å². The topological polar surface area (TPSA) is 81.9 Å². The van der Waals surface area contributed by atoms with Crippen molar-refractivity contribution in [3.63, 3.8) is 0 Å². The summed E-state index contributed by atoms with van der Waals surface area (Å²) in [4.78, 5) is 0.945. The summed E-state index contributed by atoms with van der Waals surface area (Å²) in [6.07, 6.45) is 0. The Morgan fingerprint density at radius 2 is 2.10 bits per heavy atom. The summed E-state index contributed by atoms with van der Waals surface area (Å²) in [5, 5.41) is 1.74. The van der Waals surface area contributed by atoms with Crippen LogP contribution in [0.25, 0.3) is 0 Å². The number of nitrogens with zero attached hydrogens (tertiary/aromatic N) is 1. The number of hydrogen-bond acceptors (Lipinski definition) is 6. The van der Waals surface area contributed by atoms with Crippen molar-refractivity contribution in [1.82, 2.24) is 4.31 Å². The zero-order valence-electron chi connectivity index (χ0n) is 12.0. The van der Waals surface area contributed by atoms with Crippen LogP contribution in [0.5, 0.6) is 0 Å². The van der Waals surface area contributed by atoms with E-state index in [1.807, 2.05) is 6.92 Å². The van der Waals surface area contributed by atoms with Crippen LogP contribution >= 0.6 is 11.3 Å². The molecule has 1 aromatic heterocycles. The molecule has 0 saturated heterocycles. The number of sulfonamides is 1. The largest absolute Gasteiger partial charge is 0.383 e. The maximum absolute atomic E-state index is 12.8. The lowest BCUT2D eigenvalue weighted by atomic mass is 10.3. The monoisotopic (exact) mass is 322 g/mol. The maximum Gasteiger partial charge on any atom is 0.244 e. The molecule has 2 N–H and O–H groups in total.